The number of hydrogen-bond donors (Lipinski definition) is 1. The molecular formula is C11H22N2O. The average molecular weight is 198 g/mol. The van der Waals surface area contributed by atoms with Gasteiger partial charge in [0.05, 0.1) is 13.2 Å². The molecule has 82 valence electrons. The Morgan fingerprint density at radius 1 is 1.50 bits per heavy atom. The second-order valence-corrected chi connectivity index (χ2v) is 4.43. The molecule has 0 amide bonds. The normalized spacial score (nSPS) is 34.9. The highest BCUT2D eigenvalue weighted by molar-refractivity contribution is 4.86. The van der Waals surface area contributed by atoms with Crippen LogP contribution in [0.3, 0.4) is 0 Å². The lowest BCUT2D eigenvalue weighted by molar-refractivity contribution is 0.102. The lowest BCUT2D eigenvalue weighted by Gasteiger charge is -2.37. The standard InChI is InChI=1S/C11H22N2O/c1-2-5-13-6-7-14-9-10-8-12-4-3-11(10)13/h10-12H,2-9H2,1H3/t10-,11-/m1/s1. The summed E-state index contributed by atoms with van der Waals surface area (Å²) < 4.78 is 5.66. The van der Waals surface area contributed by atoms with E-state index in [2.05, 4.69) is 17.1 Å². The highest BCUT2D eigenvalue weighted by Crippen LogP contribution is 2.21. The van der Waals surface area contributed by atoms with Crippen molar-refractivity contribution in [1.29, 1.82) is 0 Å². The molecule has 3 heteroatoms. The van der Waals surface area contributed by atoms with Gasteiger partial charge in [-0.15, -0.1) is 0 Å². The van der Waals surface area contributed by atoms with E-state index in [9.17, 15) is 0 Å². The lowest BCUT2D eigenvalue weighted by Crippen LogP contribution is -2.50. The quantitative estimate of drug-likeness (QED) is 0.707. The lowest BCUT2D eigenvalue weighted by atomic mass is 9.93. The maximum atomic E-state index is 5.66. The molecule has 0 aromatic rings. The van der Waals surface area contributed by atoms with E-state index in [1.54, 1.807) is 0 Å². The van der Waals surface area contributed by atoms with Gasteiger partial charge in [-0.2, -0.15) is 0 Å². The minimum Gasteiger partial charge on any atom is -0.380 e. The van der Waals surface area contributed by atoms with Crippen molar-refractivity contribution in [2.75, 3.05) is 39.4 Å². The number of hydrogen-bond acceptors (Lipinski definition) is 3. The summed E-state index contributed by atoms with van der Waals surface area (Å²) in [5.74, 6) is 0.720. The number of piperidine rings is 1. The van der Waals surface area contributed by atoms with Gasteiger partial charge < -0.3 is 10.1 Å². The monoisotopic (exact) mass is 198 g/mol. The third-order valence-corrected chi connectivity index (χ3v) is 3.40. The summed E-state index contributed by atoms with van der Waals surface area (Å²) in [6.45, 7) is 8.85. The van der Waals surface area contributed by atoms with Crippen molar-refractivity contribution < 1.29 is 4.74 Å². The molecule has 0 radical (unpaired) electrons. The zero-order valence-electron chi connectivity index (χ0n) is 9.17. The number of nitrogens with one attached hydrogen (secondary N) is 1. The Labute approximate surface area is 86.8 Å². The largest absolute Gasteiger partial charge is 0.380 e. The zero-order chi connectivity index (χ0) is 9.80. The second kappa shape index (κ2) is 5.10. The zero-order valence-corrected chi connectivity index (χ0v) is 9.17. The molecule has 0 saturated carbocycles. The molecule has 0 bridgehead atoms. The summed E-state index contributed by atoms with van der Waals surface area (Å²) in [5, 5.41) is 3.47. The molecule has 0 unspecified atom stereocenters. The summed E-state index contributed by atoms with van der Waals surface area (Å²) in [6, 6.07) is 0.777. The molecule has 0 aromatic heterocycles. The van der Waals surface area contributed by atoms with Crippen LogP contribution in [-0.2, 0) is 4.74 Å². The summed E-state index contributed by atoms with van der Waals surface area (Å²) in [7, 11) is 0. The van der Waals surface area contributed by atoms with E-state index in [0.717, 1.165) is 38.3 Å². The van der Waals surface area contributed by atoms with Crippen LogP contribution in [0.5, 0.6) is 0 Å². The Bertz CT molecular complexity index is 175. The predicted molar refractivity (Wildman–Crippen MR) is 57.4 cm³/mol. The number of nitrogens with zero attached hydrogens (tertiary/aromatic N) is 1. The Kier molecular flexibility index (Phi) is 3.79. The first-order chi connectivity index (χ1) is 6.92. The van der Waals surface area contributed by atoms with Crippen LogP contribution < -0.4 is 5.32 Å². The molecule has 2 aliphatic heterocycles. The maximum absolute atomic E-state index is 5.66. The van der Waals surface area contributed by atoms with Crippen molar-refractivity contribution in [1.82, 2.24) is 10.2 Å². The first-order valence-electron chi connectivity index (χ1n) is 5.94. The van der Waals surface area contributed by atoms with E-state index in [1.807, 2.05) is 0 Å². The van der Waals surface area contributed by atoms with E-state index in [1.165, 1.54) is 25.9 Å². The predicted octanol–water partition coefficient (Wildman–Crippen LogP) is 0.707. The van der Waals surface area contributed by atoms with Crippen molar-refractivity contribution in [3.8, 4) is 0 Å². The van der Waals surface area contributed by atoms with Gasteiger partial charge in [0.25, 0.3) is 0 Å². The van der Waals surface area contributed by atoms with E-state index < -0.39 is 0 Å². The van der Waals surface area contributed by atoms with Gasteiger partial charge in [-0.25, -0.2) is 0 Å². The molecule has 2 heterocycles. The van der Waals surface area contributed by atoms with Crippen molar-refractivity contribution in [3.05, 3.63) is 0 Å². The molecule has 2 fully saturated rings. The van der Waals surface area contributed by atoms with Crippen LogP contribution in [0.1, 0.15) is 19.8 Å². The van der Waals surface area contributed by atoms with E-state index in [-0.39, 0.29) is 0 Å². The van der Waals surface area contributed by atoms with E-state index in [0.29, 0.717) is 0 Å². The molecule has 2 atom stereocenters. The summed E-state index contributed by atoms with van der Waals surface area (Å²) >= 11 is 0. The number of fused-ring (bicyclic) bond motifs is 1. The van der Waals surface area contributed by atoms with Gasteiger partial charge in [-0.1, -0.05) is 6.92 Å². The molecule has 14 heavy (non-hydrogen) atoms. The van der Waals surface area contributed by atoms with Gasteiger partial charge in [-0.05, 0) is 25.9 Å². The van der Waals surface area contributed by atoms with Crippen LogP contribution >= 0.6 is 0 Å². The fraction of sp³-hybridized carbons (Fsp3) is 1.00. The fourth-order valence-electron chi connectivity index (χ4n) is 2.71. The van der Waals surface area contributed by atoms with Crippen molar-refractivity contribution in [2.45, 2.75) is 25.8 Å². The van der Waals surface area contributed by atoms with Gasteiger partial charge in [0.15, 0.2) is 0 Å². The Morgan fingerprint density at radius 2 is 2.43 bits per heavy atom. The Hall–Kier alpha value is -0.120. The van der Waals surface area contributed by atoms with Crippen LogP contribution in [0.4, 0.5) is 0 Å². The average Bonchev–Trinajstić information content (AvgIpc) is 2.42. The third kappa shape index (κ3) is 2.27. The number of rotatable bonds is 2. The van der Waals surface area contributed by atoms with Crippen LogP contribution in [-0.4, -0.2) is 50.3 Å². The van der Waals surface area contributed by atoms with Crippen LogP contribution in [0.2, 0.25) is 0 Å². The first-order valence-corrected chi connectivity index (χ1v) is 5.94. The van der Waals surface area contributed by atoms with Crippen LogP contribution in [0, 0.1) is 5.92 Å². The highest BCUT2D eigenvalue weighted by atomic mass is 16.5. The van der Waals surface area contributed by atoms with Crippen molar-refractivity contribution >= 4 is 0 Å². The summed E-state index contributed by atoms with van der Waals surface area (Å²) in [4.78, 5) is 2.64. The fourth-order valence-corrected chi connectivity index (χ4v) is 2.71. The van der Waals surface area contributed by atoms with E-state index >= 15 is 0 Å². The molecule has 0 spiro atoms. The van der Waals surface area contributed by atoms with Gasteiger partial charge >= 0.3 is 0 Å². The van der Waals surface area contributed by atoms with Gasteiger partial charge in [0, 0.05) is 25.0 Å². The molecular weight excluding hydrogens is 176 g/mol. The third-order valence-electron chi connectivity index (χ3n) is 3.40. The first kappa shape index (κ1) is 10.4. The van der Waals surface area contributed by atoms with Gasteiger partial charge in [0.2, 0.25) is 0 Å². The van der Waals surface area contributed by atoms with Gasteiger partial charge in [0.1, 0.15) is 0 Å². The minimum atomic E-state index is 0.720. The van der Waals surface area contributed by atoms with Crippen molar-refractivity contribution in [3.63, 3.8) is 0 Å². The topological polar surface area (TPSA) is 24.5 Å². The molecule has 2 saturated heterocycles. The Balaban J connectivity index is 1.99. The van der Waals surface area contributed by atoms with Gasteiger partial charge in [-0.3, -0.25) is 4.90 Å². The SMILES string of the molecule is CCCN1CCOC[C@H]2CNCC[C@H]21. The smallest absolute Gasteiger partial charge is 0.0593 e. The molecule has 2 aliphatic rings. The Morgan fingerprint density at radius 3 is 3.29 bits per heavy atom. The summed E-state index contributed by atoms with van der Waals surface area (Å²) in [6.07, 6.45) is 2.56. The van der Waals surface area contributed by atoms with E-state index in [4.69, 9.17) is 4.74 Å². The molecule has 0 aliphatic carbocycles. The molecule has 3 nitrogen and oxygen atoms in total. The maximum Gasteiger partial charge on any atom is 0.0593 e. The van der Waals surface area contributed by atoms with Crippen molar-refractivity contribution in [2.24, 2.45) is 5.92 Å². The highest BCUT2D eigenvalue weighted by Gasteiger charge is 2.31. The molecule has 2 rings (SSSR count). The minimum absolute atomic E-state index is 0.720. The van der Waals surface area contributed by atoms with Crippen LogP contribution in [0.15, 0.2) is 0 Å². The molecule has 0 aromatic carbocycles. The summed E-state index contributed by atoms with van der Waals surface area (Å²) in [5.41, 5.74) is 0. The second-order valence-electron chi connectivity index (χ2n) is 4.43. The number of ether oxygens (including phenoxy) is 1. The van der Waals surface area contributed by atoms with Crippen LogP contribution in [0.25, 0.3) is 0 Å². The molecule has 1 N–H and O–H groups in total.